The van der Waals surface area contributed by atoms with E-state index in [2.05, 4.69) is 10.4 Å². The molecular weight excluding hydrogens is 294 g/mol. The maximum absolute atomic E-state index is 12.2. The first kappa shape index (κ1) is 15.5. The first-order chi connectivity index (χ1) is 10.2. The topological polar surface area (TPSA) is 87.4 Å². The van der Waals surface area contributed by atoms with Crippen molar-refractivity contribution >= 4 is 17.3 Å². The molecule has 0 bridgehead atoms. The number of halogens is 1. The van der Waals surface area contributed by atoms with E-state index in [1.807, 2.05) is 30.3 Å². The van der Waals surface area contributed by atoms with E-state index >= 15 is 0 Å². The molecule has 0 radical (unpaired) electrons. The molecule has 0 amide bonds. The number of nitrogens with one attached hydrogen (secondary N) is 1. The highest BCUT2D eigenvalue weighted by molar-refractivity contribution is 6.32. The average molecular weight is 310 g/mol. The molecule has 2 aromatic rings. The second-order valence-electron chi connectivity index (χ2n) is 4.53. The van der Waals surface area contributed by atoms with Crippen LogP contribution in [0, 0.1) is 0 Å². The van der Waals surface area contributed by atoms with Crippen LogP contribution in [-0.2, 0) is 6.54 Å². The highest BCUT2D eigenvalue weighted by atomic mass is 35.5. The van der Waals surface area contributed by atoms with E-state index in [1.165, 1.54) is 10.9 Å². The van der Waals surface area contributed by atoms with Crippen molar-refractivity contribution < 1.29 is 10.2 Å². The second-order valence-corrected chi connectivity index (χ2v) is 4.91. The molecule has 0 saturated heterocycles. The average Bonchev–Trinajstić information content (AvgIpc) is 2.52. The summed E-state index contributed by atoms with van der Waals surface area (Å²) < 4.78 is 1.26. The molecule has 0 saturated carbocycles. The van der Waals surface area contributed by atoms with Crippen LogP contribution in [0.2, 0.25) is 5.02 Å². The molecule has 1 aromatic heterocycles. The van der Waals surface area contributed by atoms with E-state index in [-0.39, 0.29) is 18.2 Å². The van der Waals surface area contributed by atoms with Gasteiger partial charge in [0.2, 0.25) is 0 Å². The van der Waals surface area contributed by atoms with E-state index < -0.39 is 11.6 Å². The molecule has 1 heterocycles. The number of hydrogen-bond donors (Lipinski definition) is 3. The first-order valence-corrected chi connectivity index (χ1v) is 6.81. The van der Waals surface area contributed by atoms with Crippen molar-refractivity contribution in [3.63, 3.8) is 0 Å². The van der Waals surface area contributed by atoms with Gasteiger partial charge in [0.1, 0.15) is 5.02 Å². The summed E-state index contributed by atoms with van der Waals surface area (Å²) in [6.07, 6.45) is 1.41. The van der Waals surface area contributed by atoms with Gasteiger partial charge in [-0.1, -0.05) is 41.9 Å². The zero-order valence-electron chi connectivity index (χ0n) is 11.2. The third-order valence-corrected chi connectivity index (χ3v) is 3.33. The molecule has 7 heteroatoms. The van der Waals surface area contributed by atoms with Crippen molar-refractivity contribution in [2.75, 3.05) is 18.5 Å². The standard InChI is InChI=1S/C14H16ClN3O3/c15-13-12(17-11(8-19)9-20)6-16-18(14(13)21)7-10-4-2-1-3-5-10/h1-6,11,17,19-20H,7-9H2. The number of benzene rings is 1. The van der Waals surface area contributed by atoms with Crippen molar-refractivity contribution in [1.29, 1.82) is 0 Å². The summed E-state index contributed by atoms with van der Waals surface area (Å²) in [6, 6.07) is 8.84. The number of nitrogens with zero attached hydrogens (tertiary/aromatic N) is 2. The normalized spacial score (nSPS) is 10.9. The highest BCUT2D eigenvalue weighted by Crippen LogP contribution is 2.16. The van der Waals surface area contributed by atoms with Crippen LogP contribution in [0.25, 0.3) is 0 Å². The third-order valence-electron chi connectivity index (χ3n) is 2.96. The molecule has 0 aliphatic rings. The minimum Gasteiger partial charge on any atom is -0.394 e. The van der Waals surface area contributed by atoms with Gasteiger partial charge in [0.05, 0.1) is 37.7 Å². The molecule has 0 fully saturated rings. The summed E-state index contributed by atoms with van der Waals surface area (Å²) in [7, 11) is 0. The van der Waals surface area contributed by atoms with Gasteiger partial charge in [-0.25, -0.2) is 4.68 Å². The van der Waals surface area contributed by atoms with Gasteiger partial charge in [-0.05, 0) is 5.56 Å². The van der Waals surface area contributed by atoms with E-state index in [9.17, 15) is 4.79 Å². The molecule has 6 nitrogen and oxygen atoms in total. The van der Waals surface area contributed by atoms with Crippen LogP contribution in [0.5, 0.6) is 0 Å². The molecule has 3 N–H and O–H groups in total. The lowest BCUT2D eigenvalue weighted by Gasteiger charge is -2.16. The van der Waals surface area contributed by atoms with E-state index in [4.69, 9.17) is 21.8 Å². The van der Waals surface area contributed by atoms with Crippen molar-refractivity contribution in [3.05, 3.63) is 57.5 Å². The summed E-state index contributed by atoms with van der Waals surface area (Å²) in [5.41, 5.74) is 0.798. The van der Waals surface area contributed by atoms with Crippen molar-refractivity contribution in [3.8, 4) is 0 Å². The fourth-order valence-corrected chi connectivity index (χ4v) is 2.00. The molecule has 0 aliphatic carbocycles. The monoisotopic (exact) mass is 309 g/mol. The van der Waals surface area contributed by atoms with Crippen LogP contribution in [0.15, 0.2) is 41.3 Å². The maximum atomic E-state index is 12.2. The first-order valence-electron chi connectivity index (χ1n) is 6.43. The molecule has 2 rings (SSSR count). The van der Waals surface area contributed by atoms with E-state index in [0.717, 1.165) is 5.56 Å². The van der Waals surface area contributed by atoms with Crippen LogP contribution < -0.4 is 10.9 Å². The lowest BCUT2D eigenvalue weighted by molar-refractivity contribution is 0.204. The van der Waals surface area contributed by atoms with Crippen molar-refractivity contribution in [2.24, 2.45) is 0 Å². The number of hydrogen-bond acceptors (Lipinski definition) is 5. The van der Waals surface area contributed by atoms with Gasteiger partial charge in [-0.2, -0.15) is 5.10 Å². The zero-order chi connectivity index (χ0) is 15.2. The van der Waals surface area contributed by atoms with E-state index in [0.29, 0.717) is 12.2 Å². The maximum Gasteiger partial charge on any atom is 0.287 e. The predicted octanol–water partition coefficient (Wildman–Crippen LogP) is 0.710. The zero-order valence-corrected chi connectivity index (χ0v) is 12.0. The molecule has 0 aliphatic heterocycles. The molecule has 0 unspecified atom stereocenters. The van der Waals surface area contributed by atoms with Crippen LogP contribution in [0.3, 0.4) is 0 Å². The largest absolute Gasteiger partial charge is 0.394 e. The summed E-state index contributed by atoms with van der Waals surface area (Å²) in [4.78, 5) is 12.2. The number of rotatable bonds is 6. The Morgan fingerprint density at radius 1 is 1.24 bits per heavy atom. The van der Waals surface area contributed by atoms with Gasteiger partial charge in [-0.3, -0.25) is 4.79 Å². The lowest BCUT2D eigenvalue weighted by atomic mass is 10.2. The van der Waals surface area contributed by atoms with Crippen molar-refractivity contribution in [2.45, 2.75) is 12.6 Å². The summed E-state index contributed by atoms with van der Waals surface area (Å²) >= 11 is 6.02. The third kappa shape index (κ3) is 3.81. The Labute approximate surface area is 126 Å². The molecule has 0 atom stereocenters. The van der Waals surface area contributed by atoms with Gasteiger partial charge in [0, 0.05) is 0 Å². The number of aliphatic hydroxyl groups excluding tert-OH is 2. The molecule has 112 valence electrons. The molecule has 0 spiro atoms. The Hall–Kier alpha value is -1.89. The summed E-state index contributed by atoms with van der Waals surface area (Å²) in [5, 5.41) is 24.9. The van der Waals surface area contributed by atoms with Crippen molar-refractivity contribution in [1.82, 2.24) is 9.78 Å². The van der Waals surface area contributed by atoms with Crippen LogP contribution in [0.1, 0.15) is 5.56 Å². The number of anilines is 1. The summed E-state index contributed by atoms with van der Waals surface area (Å²) in [5.74, 6) is 0. The fourth-order valence-electron chi connectivity index (χ4n) is 1.80. The highest BCUT2D eigenvalue weighted by Gasteiger charge is 2.13. The minimum atomic E-state index is -0.589. The van der Waals surface area contributed by atoms with E-state index in [1.54, 1.807) is 0 Å². The van der Waals surface area contributed by atoms with Crippen LogP contribution in [0.4, 0.5) is 5.69 Å². The van der Waals surface area contributed by atoms with Gasteiger partial charge in [0.15, 0.2) is 0 Å². The van der Waals surface area contributed by atoms with Gasteiger partial charge in [0.25, 0.3) is 5.56 Å². The smallest absolute Gasteiger partial charge is 0.287 e. The van der Waals surface area contributed by atoms with Gasteiger partial charge in [-0.15, -0.1) is 0 Å². The van der Waals surface area contributed by atoms with Gasteiger partial charge < -0.3 is 15.5 Å². The minimum absolute atomic E-state index is 0.0205. The predicted molar refractivity (Wildman–Crippen MR) is 80.6 cm³/mol. The Morgan fingerprint density at radius 2 is 1.90 bits per heavy atom. The lowest BCUT2D eigenvalue weighted by Crippen LogP contribution is -2.30. The van der Waals surface area contributed by atoms with Gasteiger partial charge >= 0.3 is 0 Å². The molecule has 21 heavy (non-hydrogen) atoms. The quantitative estimate of drug-likeness (QED) is 0.731. The fraction of sp³-hybridized carbons (Fsp3) is 0.286. The number of aliphatic hydroxyl groups is 2. The Balaban J connectivity index is 2.23. The van der Waals surface area contributed by atoms with Crippen LogP contribution >= 0.6 is 11.6 Å². The SMILES string of the molecule is O=c1c(Cl)c(NC(CO)CO)cnn1Cc1ccccc1. The summed E-state index contributed by atoms with van der Waals surface area (Å²) in [6.45, 7) is -0.233. The Morgan fingerprint density at radius 3 is 2.52 bits per heavy atom. The Bertz CT molecular complexity index is 642. The number of aromatic nitrogens is 2. The molecule has 1 aromatic carbocycles. The Kier molecular flexibility index (Phi) is 5.32. The van der Waals surface area contributed by atoms with Crippen LogP contribution in [-0.4, -0.2) is 39.2 Å². The second kappa shape index (κ2) is 7.21. The molecular formula is C14H16ClN3O3.